The number of imidazole rings is 1. The Morgan fingerprint density at radius 1 is 1.08 bits per heavy atom. The first-order valence-electron chi connectivity index (χ1n) is 22.6. The van der Waals surface area contributed by atoms with Crippen LogP contribution in [-0.4, -0.2) is 140 Å². The van der Waals surface area contributed by atoms with Crippen molar-refractivity contribution in [3.63, 3.8) is 0 Å². The zero-order valence-electron chi connectivity index (χ0n) is 39.4. The summed E-state index contributed by atoms with van der Waals surface area (Å²) in [5.74, 6) is -0.505. The van der Waals surface area contributed by atoms with Gasteiger partial charge in [0.25, 0.3) is 0 Å². The van der Waals surface area contributed by atoms with Crippen molar-refractivity contribution >= 4 is 74.9 Å². The number of anilines is 1. The van der Waals surface area contributed by atoms with Gasteiger partial charge in [-0.1, -0.05) is 44.7 Å². The fourth-order valence-corrected chi connectivity index (χ4v) is 14.2. The lowest BCUT2D eigenvalue weighted by atomic mass is 9.51. The van der Waals surface area contributed by atoms with Crippen LogP contribution in [-0.2, 0) is 60.2 Å². The molecule has 2 unspecified atom stereocenters. The number of phosphoric acid groups is 3. The number of nitrogens with zero attached hydrogens (tertiary/aromatic N) is 4. The Labute approximate surface area is 411 Å². The number of rotatable bonds is 23. The quantitative estimate of drug-likeness (QED) is 0.0437. The van der Waals surface area contributed by atoms with Crippen LogP contribution in [0.25, 0.3) is 11.2 Å². The van der Waals surface area contributed by atoms with E-state index in [-0.39, 0.29) is 76.2 Å². The fraction of sp³-hybridized carbons (Fsp3) is 0.683. The third kappa shape index (κ3) is 12.1. The number of allylic oxidation sites excluding steroid dienone is 3. The molecule has 4 bridgehead atoms. The second-order valence-corrected chi connectivity index (χ2v) is 25.0. The summed E-state index contributed by atoms with van der Waals surface area (Å²) in [4.78, 5) is 103. The Morgan fingerprint density at radius 3 is 2.51 bits per heavy atom. The molecule has 3 saturated heterocycles. The number of hydrogen-bond donors (Lipinski definition) is 9. The minimum Gasteiger partial charge on any atom is -0.386 e. The molecule has 2 amide bonds. The van der Waals surface area contributed by atoms with Gasteiger partial charge in [0.2, 0.25) is 16.9 Å². The maximum atomic E-state index is 13.3. The first-order chi connectivity index (χ1) is 33.0. The van der Waals surface area contributed by atoms with E-state index >= 15 is 0 Å². The predicted molar refractivity (Wildman–Crippen MR) is 249 cm³/mol. The normalized spacial score (nSPS) is 32.4. The van der Waals surface area contributed by atoms with E-state index in [1.54, 1.807) is 13.0 Å². The summed E-state index contributed by atoms with van der Waals surface area (Å²) < 4.78 is 69.1. The Morgan fingerprint density at radius 2 is 1.80 bits per heavy atom. The Hall–Kier alpha value is -3.33. The van der Waals surface area contributed by atoms with Gasteiger partial charge in [0, 0.05) is 42.0 Å². The number of carbonyl (C=O) groups excluding carboxylic acids is 4. The molecular formula is C41H60N7O19P3S. The molecule has 0 aromatic carbocycles. The number of fused-ring (bicyclic) bond motifs is 1. The number of nitrogen functional groups attached to an aromatic ring is 1. The van der Waals surface area contributed by atoms with Gasteiger partial charge in [-0.3, -0.25) is 37.3 Å². The molecule has 5 heterocycles. The van der Waals surface area contributed by atoms with Crippen LogP contribution in [0, 0.1) is 28.1 Å². The average Bonchev–Trinajstić information content (AvgIpc) is 3.96. The lowest BCUT2D eigenvalue weighted by Crippen LogP contribution is -2.56. The summed E-state index contributed by atoms with van der Waals surface area (Å²) >= 11 is 1.03. The van der Waals surface area contributed by atoms with Crippen LogP contribution >= 0.6 is 35.2 Å². The number of carbonyl (C=O) groups is 4. The highest BCUT2D eigenvalue weighted by atomic mass is 32.2. The molecule has 2 saturated carbocycles. The monoisotopic (exact) mass is 1080 g/mol. The number of nitrogens with one attached hydrogen (secondary N) is 2. The number of thioether (sulfide) groups is 1. The van der Waals surface area contributed by atoms with Gasteiger partial charge in [0.1, 0.15) is 36.3 Å². The molecule has 2 aromatic heterocycles. The first-order valence-corrected chi connectivity index (χ1v) is 28.1. The molecule has 5 fully saturated rings. The minimum atomic E-state index is -5.60. The molecule has 71 heavy (non-hydrogen) atoms. The lowest BCUT2D eigenvalue weighted by Gasteiger charge is -2.55. The maximum Gasteiger partial charge on any atom is 0.481 e. The van der Waals surface area contributed by atoms with Crippen molar-refractivity contribution in [2.45, 2.75) is 115 Å². The Kier molecular flexibility index (Phi) is 16.2. The van der Waals surface area contributed by atoms with E-state index in [2.05, 4.69) is 47.4 Å². The van der Waals surface area contributed by atoms with Crippen molar-refractivity contribution < 1.29 is 90.0 Å². The molecule has 30 heteroatoms. The molecule has 1 spiro atoms. The van der Waals surface area contributed by atoms with Gasteiger partial charge in [0.05, 0.1) is 31.2 Å². The number of phosphoric ester groups is 3. The van der Waals surface area contributed by atoms with E-state index in [4.69, 9.17) is 24.3 Å². The summed E-state index contributed by atoms with van der Waals surface area (Å²) in [6.45, 7) is 6.33. The molecule has 2 aromatic rings. The minimum absolute atomic E-state index is 0.0176. The van der Waals surface area contributed by atoms with Crippen LogP contribution in [0.3, 0.4) is 0 Å². The number of hydrogen-bond acceptors (Lipinski definition) is 20. The topological polar surface area (TPSA) is 390 Å². The molecular weight excluding hydrogens is 1020 g/mol. The third-order valence-corrected chi connectivity index (χ3v) is 18.2. The molecule has 6 aliphatic rings. The van der Waals surface area contributed by atoms with Crippen LogP contribution in [0.4, 0.5) is 5.82 Å². The number of aliphatic hydroxyl groups excluding tert-OH is 2. The smallest absolute Gasteiger partial charge is 0.386 e. The van der Waals surface area contributed by atoms with Gasteiger partial charge in [0.15, 0.2) is 23.5 Å². The van der Waals surface area contributed by atoms with E-state index < -0.39 is 90.0 Å². The van der Waals surface area contributed by atoms with E-state index in [0.29, 0.717) is 24.3 Å². The molecule has 10 N–H and O–H groups in total. The van der Waals surface area contributed by atoms with Gasteiger partial charge in [-0.2, -0.15) is 4.31 Å². The number of aromatic nitrogens is 4. The summed E-state index contributed by atoms with van der Waals surface area (Å²) in [5, 5.41) is 26.5. The summed E-state index contributed by atoms with van der Waals surface area (Å²) in [6.07, 6.45) is 2.90. The average molecular weight is 1080 g/mol. The van der Waals surface area contributed by atoms with Gasteiger partial charge >= 0.3 is 23.5 Å². The van der Waals surface area contributed by atoms with Crippen LogP contribution < -0.4 is 16.4 Å². The molecule has 394 valence electrons. The van der Waals surface area contributed by atoms with Gasteiger partial charge in [-0.05, 0) is 68.9 Å². The Bertz CT molecular complexity index is 2620. The second kappa shape index (κ2) is 20.8. The van der Waals surface area contributed by atoms with E-state index in [9.17, 15) is 62.7 Å². The van der Waals surface area contributed by atoms with Crippen LogP contribution in [0.2, 0.25) is 0 Å². The van der Waals surface area contributed by atoms with Crippen LogP contribution in [0.1, 0.15) is 79.4 Å². The molecule has 26 nitrogen and oxygen atoms in total. The second-order valence-electron chi connectivity index (χ2n) is 19.7. The zero-order chi connectivity index (χ0) is 52.1. The lowest BCUT2D eigenvalue weighted by molar-refractivity contribution is -0.168. The molecule has 0 radical (unpaired) electrons. The molecule has 3 aliphatic heterocycles. The summed E-state index contributed by atoms with van der Waals surface area (Å²) in [7, 11) is -16.5. The van der Waals surface area contributed by atoms with Crippen LogP contribution in [0.15, 0.2) is 36.5 Å². The summed E-state index contributed by atoms with van der Waals surface area (Å²) in [6, 6.07) is 0. The largest absolute Gasteiger partial charge is 0.481 e. The van der Waals surface area contributed by atoms with Crippen molar-refractivity contribution in [3.05, 3.63) is 36.5 Å². The number of ketones is 1. The number of amides is 2. The maximum absolute atomic E-state index is 13.3. The Balaban J connectivity index is 0.793. The highest BCUT2D eigenvalue weighted by Crippen LogP contribution is 2.71. The number of ether oxygens (including phenoxy) is 2. The fourth-order valence-electron chi connectivity index (χ4n) is 10.7. The number of aliphatic hydroxyl groups is 2. The van der Waals surface area contributed by atoms with Crippen LogP contribution in [0.5, 0.6) is 0 Å². The van der Waals surface area contributed by atoms with Gasteiger partial charge in [-0.15, -0.1) is 0 Å². The van der Waals surface area contributed by atoms with Crippen molar-refractivity contribution in [1.82, 2.24) is 30.2 Å². The van der Waals surface area contributed by atoms with E-state index in [1.165, 1.54) is 13.8 Å². The van der Waals surface area contributed by atoms with Gasteiger partial charge < -0.3 is 55.6 Å². The highest BCUT2D eigenvalue weighted by molar-refractivity contribution is 8.14. The SMILES string of the molecule is C/C(=C\CC[C@]1(C)C(=O)C=C[C@]23C[C@H]4C[C@H](O[C@@]4(C)C2)[C@H]31)C(=O)SCCNC(=O)CCNC(=O)[C@H](O)C(C)(C)COP(=O)(O)OP(=O)(O)OC[C@H]1O[C@@H](n2cnc3c(N)ncnc32)[C@H](O)[C@@H]1OP(=O)(O)O. The summed E-state index contributed by atoms with van der Waals surface area (Å²) in [5.41, 5.74) is 4.07. The molecule has 13 atom stereocenters. The van der Waals surface area contributed by atoms with Gasteiger partial charge in [-0.25, -0.2) is 28.6 Å². The van der Waals surface area contributed by atoms with Crippen molar-refractivity contribution in [2.75, 3.05) is 37.8 Å². The van der Waals surface area contributed by atoms with Crippen molar-refractivity contribution in [3.8, 4) is 0 Å². The number of nitrogens with two attached hydrogens (primary N) is 1. The van der Waals surface area contributed by atoms with Crippen molar-refractivity contribution in [1.29, 1.82) is 0 Å². The highest BCUT2D eigenvalue weighted by Gasteiger charge is 2.71. The zero-order valence-corrected chi connectivity index (χ0v) is 42.9. The van der Waals surface area contributed by atoms with E-state index in [0.717, 1.165) is 48.2 Å². The van der Waals surface area contributed by atoms with Crippen molar-refractivity contribution in [2.24, 2.45) is 28.1 Å². The third-order valence-electron chi connectivity index (χ3n) is 14.1. The predicted octanol–water partition coefficient (Wildman–Crippen LogP) is 2.11. The molecule has 3 aliphatic carbocycles. The first kappa shape index (κ1) is 55.4. The molecule has 8 rings (SSSR count). The van der Waals surface area contributed by atoms with E-state index in [1.807, 2.05) is 13.0 Å². The standard InChI is InChI=1S/C41H60N7O19P3S/c1-22(7-6-10-39(4)26(49)8-11-41-16-23-15-24(31(39)41)65-40(23,5)18-41)37(54)71-14-13-43-27(50)9-12-44-35(53)32(52)38(2,3)19-63-70(60,61)67-69(58,59)62-17-25-30(66-68(55,56)57)29(51)36(64-25)48-21-47-28-33(42)45-20-46-34(28)48/h7-8,11,20-21,23-25,29-32,36,51-52H,6,9-10,12-19H2,1-5H3,(H,43,50)(H,44,53)(H,58,59)(H,60,61)(H2,42,45,46)(H2,55,56,57)/b22-7+/t23-,24+,25-,29-,30-,31+,32+,36-,39-,40+,41+/m1/s1.